The first kappa shape index (κ1) is 23.0. The average Bonchev–Trinajstić information content (AvgIpc) is 3.07. The van der Waals surface area contributed by atoms with Crippen molar-refractivity contribution in [1.29, 1.82) is 0 Å². The first-order valence-corrected chi connectivity index (χ1v) is 13.2. The van der Waals surface area contributed by atoms with Crippen LogP contribution in [-0.2, 0) is 19.1 Å². The van der Waals surface area contributed by atoms with Crippen molar-refractivity contribution in [3.63, 3.8) is 0 Å². The van der Waals surface area contributed by atoms with Crippen LogP contribution in [0.3, 0.4) is 0 Å². The number of aliphatic hydroxyl groups is 1. The molecule has 5 rings (SSSR count). The van der Waals surface area contributed by atoms with Crippen LogP contribution < -0.4 is 0 Å². The van der Waals surface area contributed by atoms with Crippen molar-refractivity contribution >= 4 is 29.5 Å². The summed E-state index contributed by atoms with van der Waals surface area (Å²) in [5.74, 6) is -1.99. The number of hydrogen-bond donors (Lipinski definition) is 1. The number of amides is 2. The number of esters is 1. The van der Waals surface area contributed by atoms with E-state index in [1.807, 2.05) is 43.1 Å². The molecule has 4 aliphatic heterocycles. The lowest BCUT2D eigenvalue weighted by Crippen LogP contribution is -2.58. The van der Waals surface area contributed by atoms with Crippen molar-refractivity contribution in [2.75, 3.05) is 19.8 Å². The number of ether oxygens (including phenoxy) is 1. The second kappa shape index (κ2) is 8.45. The lowest BCUT2D eigenvalue weighted by Gasteiger charge is -2.41. The van der Waals surface area contributed by atoms with Gasteiger partial charge >= 0.3 is 5.97 Å². The molecule has 0 bridgehead atoms. The van der Waals surface area contributed by atoms with Crippen LogP contribution in [0.15, 0.2) is 24.3 Å². The van der Waals surface area contributed by atoms with Gasteiger partial charge in [-0.25, -0.2) is 0 Å². The Morgan fingerprint density at radius 3 is 2.58 bits per heavy atom. The molecule has 1 saturated carbocycles. The zero-order chi connectivity index (χ0) is 23.4. The summed E-state index contributed by atoms with van der Waals surface area (Å²) in [6.07, 6.45) is 13.8. The minimum Gasteiger partial charge on any atom is -0.461 e. The highest BCUT2D eigenvalue weighted by atomic mass is 32.2. The standard InChI is InChI=1S/C25H34N2O5S/c1-3-16(15-28)27-20-22(30)26(17-9-5-4-6-10-17)13-7-12-25(20)18(21(27)29)19-23(31)32-14-8-11-24(19,2)33-25/h7-8,11-12,16-20,28H,3-6,9-10,13-15H2,1-2H3/t16-,18-,19+,20?,24-,25-/m0/s1. The van der Waals surface area contributed by atoms with Gasteiger partial charge in [-0.05, 0) is 32.3 Å². The van der Waals surface area contributed by atoms with E-state index in [9.17, 15) is 19.5 Å². The highest BCUT2D eigenvalue weighted by Gasteiger charge is 2.74. The molecule has 1 aliphatic carbocycles. The molecule has 7 nitrogen and oxygen atoms in total. The van der Waals surface area contributed by atoms with Gasteiger partial charge in [0.25, 0.3) is 0 Å². The number of cyclic esters (lactones) is 1. The van der Waals surface area contributed by atoms with Gasteiger partial charge in [-0.2, -0.15) is 0 Å². The monoisotopic (exact) mass is 474 g/mol. The highest BCUT2D eigenvalue weighted by Crippen LogP contribution is 2.65. The van der Waals surface area contributed by atoms with Gasteiger partial charge in [0.1, 0.15) is 12.6 Å². The van der Waals surface area contributed by atoms with Crippen LogP contribution in [0.5, 0.6) is 0 Å². The van der Waals surface area contributed by atoms with Crippen molar-refractivity contribution in [3.05, 3.63) is 24.3 Å². The van der Waals surface area contributed by atoms with E-state index in [1.54, 1.807) is 16.7 Å². The number of carbonyl (C=O) groups is 3. The first-order chi connectivity index (χ1) is 15.9. The highest BCUT2D eigenvalue weighted by molar-refractivity contribution is 8.02. The molecule has 33 heavy (non-hydrogen) atoms. The molecule has 0 aromatic rings. The van der Waals surface area contributed by atoms with Gasteiger partial charge in [-0.15, -0.1) is 11.8 Å². The van der Waals surface area contributed by atoms with Crippen LogP contribution >= 0.6 is 11.8 Å². The SMILES string of the molecule is CC[C@@H](CO)N1C(=O)[C@@H]2[C@@H]3C(=O)OCC=C[C@]3(C)S[C@@]23C=CCN(C2CCCCC2)C(=O)C13. The van der Waals surface area contributed by atoms with Crippen molar-refractivity contribution in [2.24, 2.45) is 11.8 Å². The molecule has 5 aliphatic rings. The minimum atomic E-state index is -0.861. The molecule has 1 N–H and O–H groups in total. The lowest BCUT2D eigenvalue weighted by molar-refractivity contribution is -0.153. The number of likely N-dealkylation sites (tertiary alicyclic amines) is 1. The quantitative estimate of drug-likeness (QED) is 0.497. The maximum Gasteiger partial charge on any atom is 0.311 e. The van der Waals surface area contributed by atoms with Crippen LogP contribution in [0.4, 0.5) is 0 Å². The summed E-state index contributed by atoms with van der Waals surface area (Å²) in [7, 11) is 0. The number of nitrogens with zero attached hydrogens (tertiary/aromatic N) is 2. The van der Waals surface area contributed by atoms with Crippen molar-refractivity contribution < 1.29 is 24.2 Å². The Morgan fingerprint density at radius 2 is 1.88 bits per heavy atom. The Morgan fingerprint density at radius 1 is 1.12 bits per heavy atom. The molecule has 0 radical (unpaired) electrons. The molecule has 3 fully saturated rings. The Kier molecular flexibility index (Phi) is 5.88. The summed E-state index contributed by atoms with van der Waals surface area (Å²) in [5.41, 5.74) is 0. The summed E-state index contributed by atoms with van der Waals surface area (Å²) < 4.78 is 3.96. The van der Waals surface area contributed by atoms with E-state index in [1.165, 1.54) is 6.42 Å². The number of fused-ring (bicyclic) bond motifs is 2. The molecule has 1 unspecified atom stereocenters. The van der Waals surface area contributed by atoms with E-state index in [0.717, 1.165) is 25.7 Å². The number of rotatable bonds is 4. The third kappa shape index (κ3) is 3.31. The van der Waals surface area contributed by atoms with Gasteiger partial charge in [0, 0.05) is 17.3 Å². The Balaban J connectivity index is 1.64. The second-order valence-electron chi connectivity index (χ2n) is 10.2. The van der Waals surface area contributed by atoms with Gasteiger partial charge in [0.15, 0.2) is 0 Å². The van der Waals surface area contributed by atoms with Crippen LogP contribution in [0.2, 0.25) is 0 Å². The van der Waals surface area contributed by atoms with Crippen LogP contribution in [-0.4, -0.2) is 80.1 Å². The summed E-state index contributed by atoms with van der Waals surface area (Å²) in [6.45, 7) is 4.42. The van der Waals surface area contributed by atoms with Gasteiger partial charge in [-0.3, -0.25) is 14.4 Å². The molecule has 180 valence electrons. The van der Waals surface area contributed by atoms with E-state index in [-0.39, 0.29) is 37.0 Å². The molecule has 8 heteroatoms. The fourth-order valence-electron chi connectivity index (χ4n) is 6.84. The number of aliphatic hydroxyl groups excluding tert-OH is 1. The second-order valence-corrected chi connectivity index (χ2v) is 12.0. The van der Waals surface area contributed by atoms with E-state index in [0.29, 0.717) is 13.0 Å². The van der Waals surface area contributed by atoms with E-state index in [2.05, 4.69) is 0 Å². The molecular weight excluding hydrogens is 440 g/mol. The predicted molar refractivity (Wildman–Crippen MR) is 125 cm³/mol. The van der Waals surface area contributed by atoms with Gasteiger partial charge in [0.05, 0.1) is 29.2 Å². The molecule has 0 aromatic heterocycles. The fourth-order valence-corrected chi connectivity index (χ4v) is 8.98. The largest absolute Gasteiger partial charge is 0.461 e. The summed E-state index contributed by atoms with van der Waals surface area (Å²) in [4.78, 5) is 45.1. The number of thioether (sulfide) groups is 1. The average molecular weight is 475 g/mol. The van der Waals surface area contributed by atoms with Gasteiger partial charge < -0.3 is 19.6 Å². The Hall–Kier alpha value is -1.80. The third-order valence-corrected chi connectivity index (χ3v) is 10.2. The smallest absolute Gasteiger partial charge is 0.311 e. The molecule has 1 spiro atoms. The van der Waals surface area contributed by atoms with Crippen LogP contribution in [0.25, 0.3) is 0 Å². The zero-order valence-corrected chi connectivity index (χ0v) is 20.3. The summed E-state index contributed by atoms with van der Waals surface area (Å²) in [5, 5.41) is 10.2. The molecule has 0 aromatic carbocycles. The van der Waals surface area contributed by atoms with Crippen molar-refractivity contribution in [1.82, 2.24) is 9.80 Å². The lowest BCUT2D eigenvalue weighted by atomic mass is 9.75. The fraction of sp³-hybridized carbons (Fsp3) is 0.720. The normalized spacial score (nSPS) is 39.6. The third-order valence-electron chi connectivity index (χ3n) is 8.37. The van der Waals surface area contributed by atoms with E-state index in [4.69, 9.17) is 4.74 Å². The van der Waals surface area contributed by atoms with E-state index >= 15 is 0 Å². The maximum atomic E-state index is 14.3. The Bertz CT molecular complexity index is 895. The summed E-state index contributed by atoms with van der Waals surface area (Å²) in [6, 6.07) is -1.02. The van der Waals surface area contributed by atoms with Crippen molar-refractivity contribution in [3.8, 4) is 0 Å². The minimum absolute atomic E-state index is 0.0421. The van der Waals surface area contributed by atoms with Crippen LogP contribution in [0.1, 0.15) is 52.4 Å². The Labute approximate surface area is 199 Å². The predicted octanol–water partition coefficient (Wildman–Crippen LogP) is 2.29. The van der Waals surface area contributed by atoms with E-state index < -0.39 is 33.4 Å². The molecule has 2 saturated heterocycles. The zero-order valence-electron chi connectivity index (χ0n) is 19.4. The molecule has 6 atom stereocenters. The number of hydrogen-bond acceptors (Lipinski definition) is 6. The molecule has 4 heterocycles. The van der Waals surface area contributed by atoms with Crippen LogP contribution in [0, 0.1) is 11.8 Å². The first-order valence-electron chi connectivity index (χ1n) is 12.3. The van der Waals surface area contributed by atoms with Gasteiger partial charge in [-0.1, -0.05) is 44.4 Å². The maximum absolute atomic E-state index is 14.3. The van der Waals surface area contributed by atoms with Crippen molar-refractivity contribution in [2.45, 2.75) is 80.0 Å². The number of carbonyl (C=O) groups excluding carboxylic acids is 3. The molecule has 2 amide bonds. The molecular formula is C25H34N2O5S. The van der Waals surface area contributed by atoms with Gasteiger partial charge in [0.2, 0.25) is 11.8 Å². The summed E-state index contributed by atoms with van der Waals surface area (Å²) >= 11 is 1.56. The topological polar surface area (TPSA) is 87.2 Å².